The third-order valence-corrected chi connectivity index (χ3v) is 3.81. The Hall–Kier alpha value is -1.23. The van der Waals surface area contributed by atoms with Gasteiger partial charge in [-0.05, 0) is 19.8 Å². The Morgan fingerprint density at radius 2 is 2.16 bits per heavy atom. The van der Waals surface area contributed by atoms with Gasteiger partial charge in [0.15, 0.2) is 6.61 Å². The summed E-state index contributed by atoms with van der Waals surface area (Å²) < 4.78 is 29.3. The Balaban J connectivity index is 2.65. The molecule has 1 saturated heterocycles. The van der Waals surface area contributed by atoms with Crippen LogP contribution in [0.2, 0.25) is 0 Å². The van der Waals surface area contributed by atoms with Crippen LogP contribution < -0.4 is 4.89 Å². The molecule has 0 spiro atoms. The minimum atomic E-state index is -4.07. The summed E-state index contributed by atoms with van der Waals surface area (Å²) in [6.45, 7) is 1.12. The first-order valence-corrected chi connectivity index (χ1v) is 7.11. The number of aliphatic carboxylic acids is 1. The maximum Gasteiger partial charge on any atom is 0.331 e. The van der Waals surface area contributed by atoms with E-state index in [0.29, 0.717) is 12.8 Å². The van der Waals surface area contributed by atoms with Crippen LogP contribution in [0.1, 0.15) is 19.8 Å². The minimum Gasteiger partial charge on any atom is -0.479 e. The predicted octanol–water partition coefficient (Wildman–Crippen LogP) is -1.14. The first-order chi connectivity index (χ1) is 8.88. The Morgan fingerprint density at radius 3 is 2.74 bits per heavy atom. The second-order valence-corrected chi connectivity index (χ2v) is 5.38. The van der Waals surface area contributed by atoms with Gasteiger partial charge in [-0.2, -0.15) is 12.7 Å². The summed E-state index contributed by atoms with van der Waals surface area (Å²) in [5.74, 6) is -1.94. The largest absolute Gasteiger partial charge is 0.479 e. The molecular weight excluding hydrogens is 280 g/mol. The summed E-state index contributed by atoms with van der Waals surface area (Å²) in [7, 11) is -4.07. The molecule has 0 amide bonds. The van der Waals surface area contributed by atoms with E-state index < -0.39 is 34.8 Å². The number of carbonyl (C=O) groups excluding carboxylic acids is 1. The maximum absolute atomic E-state index is 11.8. The third-order valence-electron chi connectivity index (χ3n) is 2.43. The topological polar surface area (TPSA) is 122 Å². The molecule has 0 saturated carbocycles. The molecule has 0 aliphatic carbocycles. The zero-order valence-electron chi connectivity index (χ0n) is 10.4. The van der Waals surface area contributed by atoms with Crippen LogP contribution in [0, 0.1) is 0 Å². The van der Waals surface area contributed by atoms with E-state index in [0.717, 1.165) is 4.31 Å². The van der Waals surface area contributed by atoms with Crippen molar-refractivity contribution in [1.82, 2.24) is 9.19 Å². The highest BCUT2D eigenvalue weighted by atomic mass is 32.2. The number of carbonyl (C=O) groups is 2. The van der Waals surface area contributed by atoms with E-state index in [4.69, 9.17) is 9.84 Å². The van der Waals surface area contributed by atoms with Crippen molar-refractivity contribution in [2.24, 2.45) is 0 Å². The summed E-state index contributed by atoms with van der Waals surface area (Å²) in [5, 5.41) is 8.34. The SMILES string of the molecule is CCOC(=O)C1CCCN1S(=O)(=O)NOCC(=O)O. The number of carboxylic acids is 1. The van der Waals surface area contributed by atoms with Crippen LogP contribution in [0.3, 0.4) is 0 Å². The van der Waals surface area contributed by atoms with Gasteiger partial charge < -0.3 is 9.84 Å². The van der Waals surface area contributed by atoms with Gasteiger partial charge in [0.25, 0.3) is 0 Å². The standard InChI is InChI=1S/C9H16N2O7S/c1-2-17-9(14)7-4-3-5-11(7)19(15,16)10-18-6-8(12)13/h7,10H,2-6H2,1H3,(H,12,13). The van der Waals surface area contributed by atoms with Gasteiger partial charge >= 0.3 is 22.1 Å². The van der Waals surface area contributed by atoms with Crippen molar-refractivity contribution < 1.29 is 32.7 Å². The van der Waals surface area contributed by atoms with Crippen LogP contribution in [0.4, 0.5) is 0 Å². The molecule has 1 fully saturated rings. The quantitative estimate of drug-likeness (QED) is 0.450. The van der Waals surface area contributed by atoms with Crippen molar-refractivity contribution in [2.45, 2.75) is 25.8 Å². The van der Waals surface area contributed by atoms with Crippen molar-refractivity contribution in [3.63, 3.8) is 0 Å². The van der Waals surface area contributed by atoms with Crippen molar-refractivity contribution in [2.75, 3.05) is 19.8 Å². The molecule has 1 unspecified atom stereocenters. The third kappa shape index (κ3) is 4.42. The van der Waals surface area contributed by atoms with Crippen molar-refractivity contribution in [1.29, 1.82) is 0 Å². The number of hydrogen-bond donors (Lipinski definition) is 2. The van der Waals surface area contributed by atoms with E-state index in [1.54, 1.807) is 11.8 Å². The molecule has 0 aromatic rings. The van der Waals surface area contributed by atoms with Crippen LogP contribution in [0.5, 0.6) is 0 Å². The maximum atomic E-state index is 11.8. The molecule has 0 aromatic heterocycles. The van der Waals surface area contributed by atoms with E-state index in [-0.39, 0.29) is 13.2 Å². The Labute approximate surface area is 110 Å². The van der Waals surface area contributed by atoms with Gasteiger partial charge in [-0.25, -0.2) is 4.79 Å². The van der Waals surface area contributed by atoms with Crippen molar-refractivity contribution >= 4 is 22.1 Å². The summed E-state index contributed by atoms with van der Waals surface area (Å²) >= 11 is 0. The monoisotopic (exact) mass is 296 g/mol. The van der Waals surface area contributed by atoms with E-state index in [1.165, 1.54) is 0 Å². The lowest BCUT2D eigenvalue weighted by Gasteiger charge is -2.22. The second kappa shape index (κ2) is 6.80. The van der Waals surface area contributed by atoms with E-state index in [9.17, 15) is 18.0 Å². The summed E-state index contributed by atoms with van der Waals surface area (Å²) in [6, 6.07) is -0.897. The van der Waals surface area contributed by atoms with Gasteiger partial charge in [0.2, 0.25) is 0 Å². The molecule has 10 heteroatoms. The number of nitrogens with zero attached hydrogens (tertiary/aromatic N) is 1. The molecule has 1 atom stereocenters. The normalized spacial score (nSPS) is 20.4. The Morgan fingerprint density at radius 1 is 1.47 bits per heavy atom. The van der Waals surface area contributed by atoms with Gasteiger partial charge in [0.1, 0.15) is 6.04 Å². The number of carboxylic acid groups (broad SMARTS) is 1. The molecule has 19 heavy (non-hydrogen) atoms. The van der Waals surface area contributed by atoms with E-state index in [2.05, 4.69) is 4.84 Å². The fourth-order valence-electron chi connectivity index (χ4n) is 1.72. The van der Waals surface area contributed by atoms with Crippen LogP contribution in [0.15, 0.2) is 0 Å². The van der Waals surface area contributed by atoms with Gasteiger partial charge in [0.05, 0.1) is 6.61 Å². The average molecular weight is 296 g/mol. The smallest absolute Gasteiger partial charge is 0.331 e. The Bertz CT molecular complexity index is 436. The summed E-state index contributed by atoms with van der Waals surface area (Å²) in [4.78, 5) is 27.8. The second-order valence-electron chi connectivity index (χ2n) is 3.79. The number of nitrogens with one attached hydrogen (secondary N) is 1. The first-order valence-electron chi connectivity index (χ1n) is 5.67. The highest BCUT2D eigenvalue weighted by Crippen LogP contribution is 2.21. The molecule has 0 aromatic carbocycles. The fraction of sp³-hybridized carbons (Fsp3) is 0.778. The summed E-state index contributed by atoms with van der Waals surface area (Å²) in [5.41, 5.74) is 0. The van der Waals surface area contributed by atoms with Crippen molar-refractivity contribution in [3.05, 3.63) is 0 Å². The van der Waals surface area contributed by atoms with Crippen LogP contribution in [0.25, 0.3) is 0 Å². The zero-order chi connectivity index (χ0) is 14.5. The first kappa shape index (κ1) is 15.8. The van der Waals surface area contributed by atoms with E-state index in [1.807, 2.05) is 0 Å². The molecular formula is C9H16N2O7S. The van der Waals surface area contributed by atoms with E-state index >= 15 is 0 Å². The predicted molar refractivity (Wildman–Crippen MR) is 62.0 cm³/mol. The molecule has 0 bridgehead atoms. The molecule has 110 valence electrons. The van der Waals surface area contributed by atoms with Gasteiger partial charge in [-0.15, -0.1) is 0 Å². The lowest BCUT2D eigenvalue weighted by molar-refractivity contribution is -0.147. The molecule has 2 N–H and O–H groups in total. The molecule has 1 heterocycles. The fourth-order valence-corrected chi connectivity index (χ4v) is 2.91. The molecule has 1 rings (SSSR count). The highest BCUT2D eigenvalue weighted by Gasteiger charge is 2.39. The number of esters is 1. The van der Waals surface area contributed by atoms with Gasteiger partial charge in [-0.1, -0.05) is 4.89 Å². The molecule has 1 aliphatic heterocycles. The number of hydrogen-bond acceptors (Lipinski definition) is 6. The highest BCUT2D eigenvalue weighted by molar-refractivity contribution is 7.87. The molecule has 0 radical (unpaired) electrons. The molecule has 9 nitrogen and oxygen atoms in total. The lowest BCUT2D eigenvalue weighted by atomic mass is 10.2. The number of ether oxygens (including phenoxy) is 1. The minimum absolute atomic E-state index is 0.148. The Kier molecular flexibility index (Phi) is 5.66. The summed E-state index contributed by atoms with van der Waals surface area (Å²) in [6.07, 6.45) is 0.877. The lowest BCUT2D eigenvalue weighted by Crippen LogP contribution is -2.47. The van der Waals surface area contributed by atoms with Gasteiger partial charge in [0, 0.05) is 6.54 Å². The number of rotatable bonds is 7. The van der Waals surface area contributed by atoms with Crippen molar-refractivity contribution in [3.8, 4) is 0 Å². The molecule has 1 aliphatic rings. The van der Waals surface area contributed by atoms with Crippen LogP contribution in [-0.4, -0.2) is 55.6 Å². The van der Waals surface area contributed by atoms with Gasteiger partial charge in [-0.3, -0.25) is 9.63 Å². The average Bonchev–Trinajstić information content (AvgIpc) is 2.78. The zero-order valence-corrected chi connectivity index (χ0v) is 11.2. The van der Waals surface area contributed by atoms with Crippen LogP contribution in [-0.2, 0) is 29.4 Å². The van der Waals surface area contributed by atoms with Crippen LogP contribution >= 0.6 is 0 Å².